The Kier molecular flexibility index (Phi) is 3.28. The molecule has 0 aliphatic heterocycles. The number of benzene rings is 3. The van der Waals surface area contributed by atoms with Crippen molar-refractivity contribution in [2.24, 2.45) is 0 Å². The third-order valence-corrected chi connectivity index (χ3v) is 4.08. The highest BCUT2D eigenvalue weighted by Crippen LogP contribution is 2.31. The average molecular weight is 296 g/mol. The number of hydrogen-bond acceptors (Lipinski definition) is 1. The van der Waals surface area contributed by atoms with Crippen LogP contribution in [0.5, 0.6) is 0 Å². The third-order valence-electron chi connectivity index (χ3n) is 4.08. The first kappa shape index (κ1) is 13.5. The van der Waals surface area contributed by atoms with E-state index in [1.54, 1.807) is 0 Å². The molecule has 0 radical (unpaired) electrons. The van der Waals surface area contributed by atoms with Crippen LogP contribution in [0.25, 0.3) is 22.2 Å². The first-order valence-corrected chi connectivity index (χ1v) is 7.65. The van der Waals surface area contributed by atoms with Gasteiger partial charge in [0, 0.05) is 22.0 Å². The Morgan fingerprint density at radius 2 is 1.30 bits per heavy atom. The summed E-state index contributed by atoms with van der Waals surface area (Å²) in [5.41, 5.74) is 5.58. The van der Waals surface area contributed by atoms with E-state index < -0.39 is 0 Å². The highest BCUT2D eigenvalue weighted by Gasteiger charge is 2.17. The molecule has 2 nitrogen and oxygen atoms in total. The predicted molar refractivity (Wildman–Crippen MR) is 96.1 cm³/mol. The first-order valence-electron chi connectivity index (χ1n) is 7.65. The summed E-state index contributed by atoms with van der Waals surface area (Å²) < 4.78 is 0. The Balaban J connectivity index is 1.99. The van der Waals surface area contributed by atoms with Crippen molar-refractivity contribution in [1.29, 1.82) is 5.41 Å². The van der Waals surface area contributed by atoms with Gasteiger partial charge in [0.2, 0.25) is 0 Å². The first-order chi connectivity index (χ1) is 11.3. The fraction of sp³-hybridized carbons (Fsp3) is 0. The number of nitrogens with one attached hydrogen (secondary N) is 2. The number of hydrogen-bond donors (Lipinski definition) is 2. The van der Waals surface area contributed by atoms with Crippen LogP contribution in [0, 0.1) is 5.41 Å². The molecular weight excluding hydrogens is 280 g/mol. The van der Waals surface area contributed by atoms with E-state index in [0.29, 0.717) is 5.71 Å². The van der Waals surface area contributed by atoms with Crippen molar-refractivity contribution in [2.75, 3.05) is 0 Å². The number of fused-ring (bicyclic) bond motifs is 1. The van der Waals surface area contributed by atoms with Crippen molar-refractivity contribution in [2.45, 2.75) is 0 Å². The van der Waals surface area contributed by atoms with Gasteiger partial charge in [0.05, 0.1) is 11.4 Å². The molecule has 2 heteroatoms. The molecule has 3 aromatic carbocycles. The molecular formula is C21H16N2. The van der Waals surface area contributed by atoms with Gasteiger partial charge in [0.15, 0.2) is 0 Å². The van der Waals surface area contributed by atoms with Gasteiger partial charge in [0.25, 0.3) is 0 Å². The highest BCUT2D eigenvalue weighted by atomic mass is 14.7. The minimum Gasteiger partial charge on any atom is -0.354 e. The van der Waals surface area contributed by atoms with Gasteiger partial charge in [-0.2, -0.15) is 0 Å². The monoisotopic (exact) mass is 296 g/mol. The molecule has 23 heavy (non-hydrogen) atoms. The van der Waals surface area contributed by atoms with Crippen molar-refractivity contribution < 1.29 is 0 Å². The van der Waals surface area contributed by atoms with E-state index in [0.717, 1.165) is 33.3 Å². The van der Waals surface area contributed by atoms with E-state index in [1.807, 2.05) is 60.7 Å². The summed E-state index contributed by atoms with van der Waals surface area (Å²) >= 11 is 0. The Hall–Kier alpha value is -3.13. The summed E-state index contributed by atoms with van der Waals surface area (Å²) in [5.74, 6) is 0. The Bertz CT molecular complexity index is 967. The maximum atomic E-state index is 8.74. The summed E-state index contributed by atoms with van der Waals surface area (Å²) in [6, 6.07) is 28.3. The third kappa shape index (κ3) is 2.34. The minimum atomic E-state index is 0.543. The quantitative estimate of drug-likeness (QED) is 0.485. The molecule has 0 aliphatic rings. The number of rotatable bonds is 3. The molecule has 1 aromatic heterocycles. The second-order valence-electron chi connectivity index (χ2n) is 5.53. The zero-order valence-electron chi connectivity index (χ0n) is 12.6. The summed E-state index contributed by atoms with van der Waals surface area (Å²) in [5, 5.41) is 9.82. The lowest BCUT2D eigenvalue weighted by atomic mass is 9.96. The highest BCUT2D eigenvalue weighted by molar-refractivity contribution is 6.21. The molecule has 2 N–H and O–H groups in total. The van der Waals surface area contributed by atoms with Crippen LogP contribution in [0.15, 0.2) is 84.9 Å². The largest absolute Gasteiger partial charge is 0.354 e. The number of para-hydroxylation sites is 1. The molecule has 1 heterocycles. The molecule has 0 saturated carbocycles. The molecule has 0 fully saturated rings. The summed E-state index contributed by atoms with van der Waals surface area (Å²) in [4.78, 5) is 3.49. The van der Waals surface area contributed by atoms with E-state index in [9.17, 15) is 0 Å². The standard InChI is InChI=1S/C21H16N2/c22-20(15-9-3-1-4-10-15)19-17-13-7-8-14-18(17)23-21(19)16-11-5-2-6-12-16/h1-14,22-23H. The van der Waals surface area contributed by atoms with Gasteiger partial charge in [0.1, 0.15) is 0 Å². The maximum Gasteiger partial charge on any atom is 0.0712 e. The van der Waals surface area contributed by atoms with Crippen molar-refractivity contribution in [1.82, 2.24) is 4.98 Å². The number of H-pyrrole nitrogens is 1. The summed E-state index contributed by atoms with van der Waals surface area (Å²) in [6.45, 7) is 0. The summed E-state index contributed by atoms with van der Waals surface area (Å²) in [7, 11) is 0. The lowest BCUT2D eigenvalue weighted by Crippen LogP contribution is -2.02. The van der Waals surface area contributed by atoms with Crippen molar-refractivity contribution in [3.8, 4) is 11.3 Å². The molecule has 0 spiro atoms. The lowest BCUT2D eigenvalue weighted by molar-refractivity contribution is 1.42. The SMILES string of the molecule is N=C(c1ccccc1)c1c(-c2ccccc2)[nH]c2ccccc12. The van der Waals surface area contributed by atoms with E-state index in [1.165, 1.54) is 0 Å². The van der Waals surface area contributed by atoms with Crippen molar-refractivity contribution >= 4 is 16.6 Å². The topological polar surface area (TPSA) is 39.6 Å². The summed E-state index contributed by atoms with van der Waals surface area (Å²) in [6.07, 6.45) is 0. The van der Waals surface area contributed by atoms with Crippen LogP contribution in [-0.2, 0) is 0 Å². The van der Waals surface area contributed by atoms with Gasteiger partial charge in [-0.15, -0.1) is 0 Å². The maximum absolute atomic E-state index is 8.74. The van der Waals surface area contributed by atoms with Crippen LogP contribution in [0.4, 0.5) is 0 Å². The molecule has 0 aliphatic carbocycles. The molecule has 0 atom stereocenters. The van der Waals surface area contributed by atoms with E-state index >= 15 is 0 Å². The van der Waals surface area contributed by atoms with Gasteiger partial charge in [-0.25, -0.2) is 0 Å². The lowest BCUT2D eigenvalue weighted by Gasteiger charge is -2.07. The van der Waals surface area contributed by atoms with Gasteiger partial charge in [-0.3, -0.25) is 5.41 Å². The van der Waals surface area contributed by atoms with Crippen LogP contribution >= 0.6 is 0 Å². The molecule has 0 amide bonds. The van der Waals surface area contributed by atoms with E-state index in [2.05, 4.69) is 29.2 Å². The fourth-order valence-electron chi connectivity index (χ4n) is 2.97. The van der Waals surface area contributed by atoms with Gasteiger partial charge < -0.3 is 4.98 Å². The Morgan fingerprint density at radius 3 is 2.04 bits per heavy atom. The second-order valence-corrected chi connectivity index (χ2v) is 5.53. The molecule has 0 unspecified atom stereocenters. The van der Waals surface area contributed by atoms with Crippen LogP contribution < -0.4 is 0 Å². The molecule has 0 bridgehead atoms. The molecule has 0 saturated heterocycles. The normalized spacial score (nSPS) is 10.8. The van der Waals surface area contributed by atoms with E-state index in [-0.39, 0.29) is 0 Å². The minimum absolute atomic E-state index is 0.543. The Labute approximate surface area is 134 Å². The average Bonchev–Trinajstić information content (AvgIpc) is 3.02. The molecule has 110 valence electrons. The van der Waals surface area contributed by atoms with Crippen molar-refractivity contribution in [3.63, 3.8) is 0 Å². The van der Waals surface area contributed by atoms with Gasteiger partial charge >= 0.3 is 0 Å². The smallest absolute Gasteiger partial charge is 0.0712 e. The van der Waals surface area contributed by atoms with Crippen LogP contribution in [0.2, 0.25) is 0 Å². The van der Waals surface area contributed by atoms with Crippen LogP contribution in [0.1, 0.15) is 11.1 Å². The Morgan fingerprint density at radius 1 is 0.696 bits per heavy atom. The zero-order chi connectivity index (χ0) is 15.6. The zero-order valence-corrected chi connectivity index (χ0v) is 12.6. The second kappa shape index (κ2) is 5.58. The van der Waals surface area contributed by atoms with Crippen LogP contribution in [-0.4, -0.2) is 10.7 Å². The van der Waals surface area contributed by atoms with Gasteiger partial charge in [-0.1, -0.05) is 78.9 Å². The van der Waals surface area contributed by atoms with Gasteiger partial charge in [-0.05, 0) is 11.6 Å². The van der Waals surface area contributed by atoms with Crippen molar-refractivity contribution in [3.05, 3.63) is 96.1 Å². The molecule has 4 aromatic rings. The fourth-order valence-corrected chi connectivity index (χ4v) is 2.97. The van der Waals surface area contributed by atoms with E-state index in [4.69, 9.17) is 5.41 Å². The molecule has 4 rings (SSSR count). The number of aromatic amines is 1. The van der Waals surface area contributed by atoms with Crippen LogP contribution in [0.3, 0.4) is 0 Å². The predicted octanol–water partition coefficient (Wildman–Crippen LogP) is 5.25. The number of aromatic nitrogens is 1.